The van der Waals surface area contributed by atoms with Crippen molar-refractivity contribution < 1.29 is 4.79 Å². The van der Waals surface area contributed by atoms with Gasteiger partial charge in [-0.3, -0.25) is 4.79 Å². The monoisotopic (exact) mass is 184 g/mol. The molecule has 0 aromatic heterocycles. The maximum absolute atomic E-state index is 10.0. The van der Waals surface area contributed by atoms with Crippen LogP contribution in [0.2, 0.25) is 0 Å². The third kappa shape index (κ3) is 3.77. The fourth-order valence-electron chi connectivity index (χ4n) is 1.66. The van der Waals surface area contributed by atoms with Crippen molar-refractivity contribution in [3.05, 3.63) is 0 Å². The molecule has 1 N–H and O–H groups in total. The Morgan fingerprint density at radius 1 is 1.38 bits per heavy atom. The van der Waals surface area contributed by atoms with Crippen molar-refractivity contribution in [1.82, 2.24) is 10.2 Å². The lowest BCUT2D eigenvalue weighted by Gasteiger charge is -2.36. The molecular formula is C10H20N2O. The number of likely N-dealkylation sites (tertiary alicyclic amines) is 1. The van der Waals surface area contributed by atoms with Crippen LogP contribution in [-0.4, -0.2) is 37.5 Å². The van der Waals surface area contributed by atoms with E-state index >= 15 is 0 Å². The fourth-order valence-corrected chi connectivity index (χ4v) is 1.66. The summed E-state index contributed by atoms with van der Waals surface area (Å²) in [5.74, 6) is 0. The lowest BCUT2D eigenvalue weighted by molar-refractivity contribution is -0.109. The standard InChI is InChI=1S/C10H20N2O/c1-10(2)3-6-12(7-4-10)8-5-11-9-13/h9H,3-8H2,1-2H3,(H,11,13). The highest BCUT2D eigenvalue weighted by Gasteiger charge is 2.24. The van der Waals surface area contributed by atoms with Crippen molar-refractivity contribution in [2.24, 2.45) is 5.41 Å². The lowest BCUT2D eigenvalue weighted by Crippen LogP contribution is -2.40. The second-order valence-corrected chi connectivity index (χ2v) is 4.58. The van der Waals surface area contributed by atoms with E-state index in [4.69, 9.17) is 0 Å². The predicted molar refractivity (Wildman–Crippen MR) is 53.5 cm³/mol. The molecule has 1 rings (SSSR count). The summed E-state index contributed by atoms with van der Waals surface area (Å²) in [4.78, 5) is 12.4. The average molecular weight is 184 g/mol. The highest BCUT2D eigenvalue weighted by molar-refractivity contribution is 5.45. The molecule has 1 aliphatic rings. The van der Waals surface area contributed by atoms with Gasteiger partial charge in [0, 0.05) is 13.1 Å². The Labute approximate surface area is 80.5 Å². The van der Waals surface area contributed by atoms with Crippen molar-refractivity contribution in [2.75, 3.05) is 26.2 Å². The summed E-state index contributed by atoms with van der Waals surface area (Å²) in [7, 11) is 0. The van der Waals surface area contributed by atoms with Crippen LogP contribution in [0.1, 0.15) is 26.7 Å². The summed E-state index contributed by atoms with van der Waals surface area (Å²) in [5, 5.41) is 2.69. The highest BCUT2D eigenvalue weighted by atomic mass is 16.1. The number of carbonyl (C=O) groups is 1. The summed E-state index contributed by atoms with van der Waals surface area (Å²) in [5.41, 5.74) is 0.522. The molecule has 1 saturated heterocycles. The second-order valence-electron chi connectivity index (χ2n) is 4.58. The molecule has 3 nitrogen and oxygen atoms in total. The SMILES string of the molecule is CC1(C)CCN(CCNC=O)CC1. The fraction of sp³-hybridized carbons (Fsp3) is 0.900. The maximum atomic E-state index is 10.0. The number of hydrogen-bond donors (Lipinski definition) is 1. The highest BCUT2D eigenvalue weighted by Crippen LogP contribution is 2.29. The van der Waals surface area contributed by atoms with Gasteiger partial charge in [-0.25, -0.2) is 0 Å². The zero-order valence-electron chi connectivity index (χ0n) is 8.68. The quantitative estimate of drug-likeness (QED) is 0.519. The Hall–Kier alpha value is -0.570. The number of hydrogen-bond acceptors (Lipinski definition) is 2. The third-order valence-corrected chi connectivity index (χ3v) is 2.87. The van der Waals surface area contributed by atoms with Gasteiger partial charge < -0.3 is 10.2 Å². The van der Waals surface area contributed by atoms with Crippen molar-refractivity contribution in [1.29, 1.82) is 0 Å². The predicted octanol–water partition coefficient (Wildman–Crippen LogP) is 0.854. The van der Waals surface area contributed by atoms with Gasteiger partial charge in [-0.15, -0.1) is 0 Å². The molecule has 0 aromatic carbocycles. The molecule has 0 radical (unpaired) electrons. The van der Waals surface area contributed by atoms with Gasteiger partial charge >= 0.3 is 0 Å². The number of nitrogens with one attached hydrogen (secondary N) is 1. The molecule has 76 valence electrons. The van der Waals surface area contributed by atoms with Gasteiger partial charge in [-0.2, -0.15) is 0 Å². The van der Waals surface area contributed by atoms with Crippen LogP contribution in [0.5, 0.6) is 0 Å². The van der Waals surface area contributed by atoms with E-state index in [1.54, 1.807) is 0 Å². The van der Waals surface area contributed by atoms with Crippen LogP contribution in [0.25, 0.3) is 0 Å². The summed E-state index contributed by atoms with van der Waals surface area (Å²) >= 11 is 0. The zero-order valence-corrected chi connectivity index (χ0v) is 8.68. The van der Waals surface area contributed by atoms with E-state index in [0.717, 1.165) is 19.5 Å². The van der Waals surface area contributed by atoms with Crippen molar-refractivity contribution in [2.45, 2.75) is 26.7 Å². The van der Waals surface area contributed by atoms with E-state index < -0.39 is 0 Å². The molecule has 0 unspecified atom stereocenters. The first-order valence-electron chi connectivity index (χ1n) is 5.03. The first kappa shape index (κ1) is 10.5. The molecule has 1 fully saturated rings. The lowest BCUT2D eigenvalue weighted by atomic mass is 9.83. The Bertz CT molecular complexity index is 158. The van der Waals surface area contributed by atoms with Gasteiger partial charge in [0.15, 0.2) is 0 Å². The zero-order chi connectivity index (χ0) is 9.73. The van der Waals surface area contributed by atoms with Crippen LogP contribution in [-0.2, 0) is 4.79 Å². The topological polar surface area (TPSA) is 32.3 Å². The van der Waals surface area contributed by atoms with Crippen LogP contribution in [0.3, 0.4) is 0 Å². The molecular weight excluding hydrogens is 164 g/mol. The van der Waals surface area contributed by atoms with E-state index in [-0.39, 0.29) is 0 Å². The Morgan fingerprint density at radius 2 is 2.00 bits per heavy atom. The van der Waals surface area contributed by atoms with E-state index in [2.05, 4.69) is 24.1 Å². The van der Waals surface area contributed by atoms with Crippen molar-refractivity contribution >= 4 is 6.41 Å². The van der Waals surface area contributed by atoms with E-state index in [1.807, 2.05) is 0 Å². The largest absolute Gasteiger partial charge is 0.357 e. The Kier molecular flexibility index (Phi) is 3.72. The summed E-state index contributed by atoms with van der Waals surface area (Å²) in [6, 6.07) is 0. The molecule has 0 bridgehead atoms. The number of rotatable bonds is 4. The molecule has 1 aliphatic heterocycles. The molecule has 1 amide bonds. The smallest absolute Gasteiger partial charge is 0.207 e. The van der Waals surface area contributed by atoms with Crippen LogP contribution in [0.15, 0.2) is 0 Å². The maximum Gasteiger partial charge on any atom is 0.207 e. The van der Waals surface area contributed by atoms with Crippen LogP contribution < -0.4 is 5.32 Å². The summed E-state index contributed by atoms with van der Waals surface area (Å²) in [6.07, 6.45) is 3.32. The summed E-state index contributed by atoms with van der Waals surface area (Å²) in [6.45, 7) is 8.78. The normalized spacial score (nSPS) is 22.6. The molecule has 0 spiro atoms. The van der Waals surface area contributed by atoms with Gasteiger partial charge in [0.25, 0.3) is 0 Å². The minimum Gasteiger partial charge on any atom is -0.357 e. The van der Waals surface area contributed by atoms with Gasteiger partial charge in [0.05, 0.1) is 0 Å². The minimum atomic E-state index is 0.522. The minimum absolute atomic E-state index is 0.522. The number of piperidine rings is 1. The summed E-state index contributed by atoms with van der Waals surface area (Å²) < 4.78 is 0. The molecule has 13 heavy (non-hydrogen) atoms. The van der Waals surface area contributed by atoms with Crippen LogP contribution >= 0.6 is 0 Å². The van der Waals surface area contributed by atoms with Gasteiger partial charge in [-0.1, -0.05) is 13.8 Å². The van der Waals surface area contributed by atoms with Crippen LogP contribution in [0, 0.1) is 5.41 Å². The number of carbonyl (C=O) groups excluding carboxylic acids is 1. The molecule has 1 heterocycles. The molecule has 0 atom stereocenters. The van der Waals surface area contributed by atoms with E-state index in [9.17, 15) is 4.79 Å². The number of amides is 1. The second kappa shape index (κ2) is 4.61. The molecule has 0 saturated carbocycles. The van der Waals surface area contributed by atoms with E-state index in [0.29, 0.717) is 5.41 Å². The van der Waals surface area contributed by atoms with Crippen molar-refractivity contribution in [3.8, 4) is 0 Å². The molecule has 3 heteroatoms. The molecule has 0 aliphatic carbocycles. The molecule has 0 aromatic rings. The average Bonchev–Trinajstić information content (AvgIpc) is 2.08. The van der Waals surface area contributed by atoms with E-state index in [1.165, 1.54) is 25.9 Å². The van der Waals surface area contributed by atoms with Gasteiger partial charge in [0.1, 0.15) is 0 Å². The first-order valence-corrected chi connectivity index (χ1v) is 5.03. The first-order chi connectivity index (χ1) is 6.14. The van der Waals surface area contributed by atoms with Crippen molar-refractivity contribution in [3.63, 3.8) is 0 Å². The number of nitrogens with zero attached hydrogens (tertiary/aromatic N) is 1. The van der Waals surface area contributed by atoms with Gasteiger partial charge in [0.2, 0.25) is 6.41 Å². The van der Waals surface area contributed by atoms with Crippen LogP contribution in [0.4, 0.5) is 0 Å². The van der Waals surface area contributed by atoms with Gasteiger partial charge in [-0.05, 0) is 31.3 Å². The third-order valence-electron chi connectivity index (χ3n) is 2.87. The Morgan fingerprint density at radius 3 is 2.54 bits per heavy atom. The Balaban J connectivity index is 2.14.